The molecule has 150 valence electrons. The van der Waals surface area contributed by atoms with Crippen LogP contribution in [0, 0.1) is 0 Å². The van der Waals surface area contributed by atoms with Gasteiger partial charge in [0.05, 0.1) is 34.9 Å². The standard InChI is InChI=1S/C21H18ClN7O/c1-28-19(25-18-10-17(30-3)13-11-23-29(2)21(13)26-18)9-16(27-28)15-8-7-12-5-4-6-14(22)20(12)24-15/h4-11H,1-3H3,(H,25,26). The predicted octanol–water partition coefficient (Wildman–Crippen LogP) is 4.32. The summed E-state index contributed by atoms with van der Waals surface area (Å²) < 4.78 is 8.95. The zero-order valence-electron chi connectivity index (χ0n) is 16.6. The number of aryl methyl sites for hydroxylation is 2. The molecule has 5 rings (SSSR count). The summed E-state index contributed by atoms with van der Waals surface area (Å²) in [4.78, 5) is 9.35. The van der Waals surface area contributed by atoms with Gasteiger partial charge in [0.15, 0.2) is 5.65 Å². The van der Waals surface area contributed by atoms with Crippen LogP contribution >= 0.6 is 11.6 Å². The van der Waals surface area contributed by atoms with Crippen molar-refractivity contribution in [1.29, 1.82) is 0 Å². The highest BCUT2D eigenvalue weighted by Crippen LogP contribution is 2.30. The van der Waals surface area contributed by atoms with E-state index in [4.69, 9.17) is 21.3 Å². The Morgan fingerprint density at radius 3 is 2.70 bits per heavy atom. The largest absolute Gasteiger partial charge is 0.496 e. The van der Waals surface area contributed by atoms with Gasteiger partial charge >= 0.3 is 0 Å². The van der Waals surface area contributed by atoms with Gasteiger partial charge in [-0.05, 0) is 12.1 Å². The molecule has 0 saturated heterocycles. The summed E-state index contributed by atoms with van der Waals surface area (Å²) >= 11 is 6.31. The number of ether oxygens (including phenoxy) is 1. The van der Waals surface area contributed by atoms with Crippen LogP contribution in [-0.4, -0.2) is 36.6 Å². The van der Waals surface area contributed by atoms with Gasteiger partial charge in [-0.3, -0.25) is 9.36 Å². The second kappa shape index (κ2) is 7.00. The number of rotatable bonds is 4. The van der Waals surface area contributed by atoms with Crippen LogP contribution in [0.15, 0.2) is 48.7 Å². The molecule has 30 heavy (non-hydrogen) atoms. The second-order valence-electron chi connectivity index (χ2n) is 6.89. The average molecular weight is 420 g/mol. The van der Waals surface area contributed by atoms with E-state index < -0.39 is 0 Å². The number of para-hydroxylation sites is 1. The number of methoxy groups -OCH3 is 1. The van der Waals surface area contributed by atoms with Crippen molar-refractivity contribution in [2.45, 2.75) is 0 Å². The first-order valence-electron chi connectivity index (χ1n) is 9.27. The number of nitrogens with zero attached hydrogens (tertiary/aromatic N) is 6. The molecule has 1 aromatic carbocycles. The SMILES string of the molecule is COc1cc(Nc2cc(-c3ccc4cccc(Cl)c4n3)nn2C)nc2c1cnn2C. The molecule has 5 aromatic rings. The highest BCUT2D eigenvalue weighted by atomic mass is 35.5. The number of pyridine rings is 2. The fourth-order valence-electron chi connectivity index (χ4n) is 3.41. The van der Waals surface area contributed by atoms with Crippen LogP contribution < -0.4 is 10.1 Å². The summed E-state index contributed by atoms with van der Waals surface area (Å²) in [6, 6.07) is 13.4. The van der Waals surface area contributed by atoms with Gasteiger partial charge in [0.1, 0.15) is 23.1 Å². The minimum absolute atomic E-state index is 0.615. The van der Waals surface area contributed by atoms with E-state index in [9.17, 15) is 0 Å². The molecule has 0 aliphatic carbocycles. The lowest BCUT2D eigenvalue weighted by Crippen LogP contribution is -2.02. The molecule has 0 amide bonds. The van der Waals surface area contributed by atoms with Crippen LogP contribution in [0.1, 0.15) is 0 Å². The number of halogens is 1. The quantitative estimate of drug-likeness (QED) is 0.467. The normalized spacial score (nSPS) is 11.3. The molecule has 0 saturated carbocycles. The summed E-state index contributed by atoms with van der Waals surface area (Å²) in [5.41, 5.74) is 2.96. The van der Waals surface area contributed by atoms with E-state index in [2.05, 4.69) is 20.5 Å². The van der Waals surface area contributed by atoms with Crippen molar-refractivity contribution >= 4 is 45.2 Å². The summed E-state index contributed by atoms with van der Waals surface area (Å²) in [5, 5.41) is 14.6. The lowest BCUT2D eigenvalue weighted by atomic mass is 10.2. The maximum Gasteiger partial charge on any atom is 0.163 e. The molecule has 4 aromatic heterocycles. The van der Waals surface area contributed by atoms with Crippen LogP contribution in [0.2, 0.25) is 5.02 Å². The van der Waals surface area contributed by atoms with Crippen molar-refractivity contribution in [3.63, 3.8) is 0 Å². The molecular weight excluding hydrogens is 402 g/mol. The number of anilines is 2. The molecule has 8 nitrogen and oxygen atoms in total. The molecule has 4 heterocycles. The van der Waals surface area contributed by atoms with Crippen LogP contribution in [0.3, 0.4) is 0 Å². The maximum atomic E-state index is 6.31. The topological polar surface area (TPSA) is 82.7 Å². The first-order valence-corrected chi connectivity index (χ1v) is 9.65. The van der Waals surface area contributed by atoms with Gasteiger partial charge < -0.3 is 10.1 Å². The second-order valence-corrected chi connectivity index (χ2v) is 7.29. The maximum absolute atomic E-state index is 6.31. The average Bonchev–Trinajstić information content (AvgIpc) is 3.30. The molecule has 0 bridgehead atoms. The number of hydrogen-bond donors (Lipinski definition) is 1. The zero-order chi connectivity index (χ0) is 20.8. The van der Waals surface area contributed by atoms with Crippen LogP contribution in [-0.2, 0) is 14.1 Å². The third kappa shape index (κ3) is 3.02. The molecule has 0 fully saturated rings. The lowest BCUT2D eigenvalue weighted by molar-refractivity contribution is 0.419. The van der Waals surface area contributed by atoms with E-state index >= 15 is 0 Å². The van der Waals surface area contributed by atoms with Crippen molar-refractivity contribution in [2.24, 2.45) is 14.1 Å². The predicted molar refractivity (Wildman–Crippen MR) is 117 cm³/mol. The van der Waals surface area contributed by atoms with E-state index in [0.717, 1.165) is 39.1 Å². The Morgan fingerprint density at radius 2 is 1.87 bits per heavy atom. The van der Waals surface area contributed by atoms with Gasteiger partial charge in [-0.15, -0.1) is 0 Å². The fourth-order valence-corrected chi connectivity index (χ4v) is 3.64. The molecule has 0 unspecified atom stereocenters. The summed E-state index contributed by atoms with van der Waals surface area (Å²) in [6.07, 6.45) is 1.74. The number of hydrogen-bond acceptors (Lipinski definition) is 6. The molecule has 0 radical (unpaired) electrons. The summed E-state index contributed by atoms with van der Waals surface area (Å²) in [7, 11) is 5.33. The van der Waals surface area contributed by atoms with Gasteiger partial charge in [-0.1, -0.05) is 29.8 Å². The first kappa shape index (κ1) is 18.4. The molecule has 0 aliphatic heterocycles. The summed E-state index contributed by atoms with van der Waals surface area (Å²) in [5.74, 6) is 2.10. The third-order valence-corrected chi connectivity index (χ3v) is 5.26. The van der Waals surface area contributed by atoms with Crippen molar-refractivity contribution in [1.82, 2.24) is 29.5 Å². The Hall–Kier alpha value is -3.65. The molecule has 1 N–H and O–H groups in total. The van der Waals surface area contributed by atoms with Gasteiger partial charge in [0.25, 0.3) is 0 Å². The van der Waals surface area contributed by atoms with Gasteiger partial charge in [0.2, 0.25) is 0 Å². The van der Waals surface area contributed by atoms with E-state index in [0.29, 0.717) is 16.6 Å². The van der Waals surface area contributed by atoms with E-state index in [1.165, 1.54) is 0 Å². The minimum Gasteiger partial charge on any atom is -0.496 e. The van der Waals surface area contributed by atoms with E-state index in [1.807, 2.05) is 56.6 Å². The van der Waals surface area contributed by atoms with E-state index in [-0.39, 0.29) is 0 Å². The monoisotopic (exact) mass is 419 g/mol. The fraction of sp³-hybridized carbons (Fsp3) is 0.143. The molecule has 9 heteroatoms. The van der Waals surface area contributed by atoms with E-state index in [1.54, 1.807) is 22.7 Å². The van der Waals surface area contributed by atoms with Crippen molar-refractivity contribution < 1.29 is 4.74 Å². The van der Waals surface area contributed by atoms with Crippen LogP contribution in [0.25, 0.3) is 33.3 Å². The molecule has 0 aliphatic rings. The Morgan fingerprint density at radius 1 is 1.00 bits per heavy atom. The third-order valence-electron chi connectivity index (χ3n) is 4.96. The molecular formula is C21H18ClN7O. The Labute approximate surface area is 177 Å². The Balaban J connectivity index is 1.53. The minimum atomic E-state index is 0.615. The van der Waals surface area contributed by atoms with Crippen LogP contribution in [0.5, 0.6) is 5.75 Å². The Bertz CT molecular complexity index is 1410. The Kier molecular flexibility index (Phi) is 4.29. The van der Waals surface area contributed by atoms with Gasteiger partial charge in [-0.2, -0.15) is 10.2 Å². The van der Waals surface area contributed by atoms with Gasteiger partial charge in [-0.25, -0.2) is 9.97 Å². The van der Waals surface area contributed by atoms with Crippen molar-refractivity contribution in [2.75, 3.05) is 12.4 Å². The number of nitrogens with one attached hydrogen (secondary N) is 1. The molecule has 0 spiro atoms. The highest BCUT2D eigenvalue weighted by Gasteiger charge is 2.14. The van der Waals surface area contributed by atoms with Gasteiger partial charge in [0, 0.05) is 31.6 Å². The lowest BCUT2D eigenvalue weighted by Gasteiger charge is -2.08. The first-order chi connectivity index (χ1) is 14.5. The smallest absolute Gasteiger partial charge is 0.163 e. The van der Waals surface area contributed by atoms with Crippen molar-refractivity contribution in [3.8, 4) is 17.1 Å². The highest BCUT2D eigenvalue weighted by molar-refractivity contribution is 6.35. The number of aromatic nitrogens is 6. The zero-order valence-corrected chi connectivity index (χ0v) is 17.3. The number of benzene rings is 1. The number of fused-ring (bicyclic) bond motifs is 2. The van der Waals surface area contributed by atoms with Crippen LogP contribution in [0.4, 0.5) is 11.6 Å². The summed E-state index contributed by atoms with van der Waals surface area (Å²) in [6.45, 7) is 0. The van der Waals surface area contributed by atoms with Crippen molar-refractivity contribution in [3.05, 3.63) is 53.7 Å². The molecule has 0 atom stereocenters.